The van der Waals surface area contributed by atoms with Crippen molar-refractivity contribution in [3.8, 4) is 0 Å². The predicted octanol–water partition coefficient (Wildman–Crippen LogP) is 3.72. The van der Waals surface area contributed by atoms with E-state index in [9.17, 15) is 4.79 Å². The van der Waals surface area contributed by atoms with Gasteiger partial charge in [0.2, 0.25) is 0 Å². The molecule has 1 aliphatic rings. The van der Waals surface area contributed by atoms with Crippen molar-refractivity contribution in [3.63, 3.8) is 0 Å². The molecule has 1 aliphatic heterocycles. The van der Waals surface area contributed by atoms with E-state index in [1.807, 2.05) is 36.4 Å². The molecule has 0 aromatic heterocycles. The maximum Gasteiger partial charge on any atom is 0.162 e. The minimum atomic E-state index is 0.148. The van der Waals surface area contributed by atoms with Gasteiger partial charge in [0.05, 0.1) is 12.7 Å². The molecular weight excluding hydrogens is 286 g/mol. The number of morpholine rings is 1. The van der Waals surface area contributed by atoms with Gasteiger partial charge in [-0.15, -0.1) is 0 Å². The van der Waals surface area contributed by atoms with Crippen molar-refractivity contribution in [1.29, 1.82) is 0 Å². The Bertz CT molecular complexity index is 612. The Hall–Kier alpha value is -1.97. The van der Waals surface area contributed by atoms with Crippen molar-refractivity contribution in [3.05, 3.63) is 71.8 Å². The summed E-state index contributed by atoms with van der Waals surface area (Å²) >= 11 is 0. The topological polar surface area (TPSA) is 29.5 Å². The molecule has 1 atom stereocenters. The third kappa shape index (κ3) is 4.50. The lowest BCUT2D eigenvalue weighted by Gasteiger charge is -2.33. The zero-order valence-corrected chi connectivity index (χ0v) is 13.4. The molecular formula is C20H23NO2. The lowest BCUT2D eigenvalue weighted by molar-refractivity contribution is -0.0302. The Morgan fingerprint density at radius 1 is 1.04 bits per heavy atom. The lowest BCUT2D eigenvalue weighted by Crippen LogP contribution is -2.38. The highest BCUT2D eigenvalue weighted by Crippen LogP contribution is 2.22. The summed E-state index contributed by atoms with van der Waals surface area (Å²) in [5, 5.41) is 0. The van der Waals surface area contributed by atoms with Gasteiger partial charge in [-0.05, 0) is 18.5 Å². The van der Waals surface area contributed by atoms with E-state index in [2.05, 4.69) is 29.2 Å². The number of rotatable bonds is 6. The van der Waals surface area contributed by atoms with Crippen LogP contribution in [0.2, 0.25) is 0 Å². The Labute approximate surface area is 137 Å². The molecule has 23 heavy (non-hydrogen) atoms. The number of nitrogens with zero attached hydrogens (tertiary/aromatic N) is 1. The fraction of sp³-hybridized carbons (Fsp3) is 0.350. The number of ether oxygens (including phenoxy) is 1. The molecule has 0 bridgehead atoms. The molecule has 1 unspecified atom stereocenters. The second kappa shape index (κ2) is 8.04. The van der Waals surface area contributed by atoms with Gasteiger partial charge in [-0.25, -0.2) is 0 Å². The predicted molar refractivity (Wildman–Crippen MR) is 91.6 cm³/mol. The lowest BCUT2D eigenvalue weighted by atomic mass is 10.1. The highest BCUT2D eigenvalue weighted by molar-refractivity contribution is 5.95. The van der Waals surface area contributed by atoms with Crippen LogP contribution in [0.5, 0.6) is 0 Å². The van der Waals surface area contributed by atoms with E-state index in [0.29, 0.717) is 6.42 Å². The molecule has 0 spiro atoms. The van der Waals surface area contributed by atoms with Gasteiger partial charge >= 0.3 is 0 Å². The standard InChI is InChI=1S/C20H23NO2/c22-19(17-8-3-1-4-9-17)12-7-13-21-14-15-23-20(16-21)18-10-5-2-6-11-18/h1-6,8-11,20H,7,12-16H2. The smallest absolute Gasteiger partial charge is 0.162 e. The molecule has 1 saturated heterocycles. The Morgan fingerprint density at radius 3 is 2.48 bits per heavy atom. The summed E-state index contributed by atoms with van der Waals surface area (Å²) in [5.41, 5.74) is 2.05. The Balaban J connectivity index is 1.46. The van der Waals surface area contributed by atoms with Gasteiger partial charge in [0.25, 0.3) is 0 Å². The molecule has 2 aromatic rings. The van der Waals surface area contributed by atoms with Crippen molar-refractivity contribution in [1.82, 2.24) is 4.90 Å². The van der Waals surface area contributed by atoms with Gasteiger partial charge < -0.3 is 4.74 Å². The molecule has 0 N–H and O–H groups in total. The number of Topliss-reactive ketones (excluding diaryl/α,β-unsaturated/α-hetero) is 1. The van der Waals surface area contributed by atoms with Crippen LogP contribution in [0.15, 0.2) is 60.7 Å². The summed E-state index contributed by atoms with van der Waals surface area (Å²) in [6.45, 7) is 3.56. The van der Waals surface area contributed by atoms with Gasteiger partial charge in [0.1, 0.15) is 0 Å². The second-order valence-electron chi connectivity index (χ2n) is 5.96. The summed E-state index contributed by atoms with van der Waals surface area (Å²) in [4.78, 5) is 14.5. The third-order valence-electron chi connectivity index (χ3n) is 4.30. The number of hydrogen-bond acceptors (Lipinski definition) is 3. The zero-order chi connectivity index (χ0) is 15.9. The SMILES string of the molecule is O=C(CCCN1CCOC(c2ccccc2)C1)c1ccccc1. The van der Waals surface area contributed by atoms with Gasteiger partial charge in [-0.3, -0.25) is 9.69 Å². The number of carbonyl (C=O) groups excluding carboxylic acids is 1. The van der Waals surface area contributed by atoms with Gasteiger partial charge in [0.15, 0.2) is 5.78 Å². The van der Waals surface area contributed by atoms with Crippen molar-refractivity contribution < 1.29 is 9.53 Å². The summed E-state index contributed by atoms with van der Waals surface area (Å²) < 4.78 is 5.88. The summed E-state index contributed by atoms with van der Waals surface area (Å²) in [7, 11) is 0. The normalized spacial score (nSPS) is 18.7. The van der Waals surface area contributed by atoms with Crippen molar-refractivity contribution in [2.45, 2.75) is 18.9 Å². The van der Waals surface area contributed by atoms with E-state index in [4.69, 9.17) is 4.74 Å². The van der Waals surface area contributed by atoms with E-state index >= 15 is 0 Å². The Kier molecular flexibility index (Phi) is 5.56. The highest BCUT2D eigenvalue weighted by Gasteiger charge is 2.21. The Morgan fingerprint density at radius 2 is 1.74 bits per heavy atom. The summed E-state index contributed by atoms with van der Waals surface area (Å²) in [5.74, 6) is 0.235. The summed E-state index contributed by atoms with van der Waals surface area (Å²) in [6, 6.07) is 19.9. The first-order valence-corrected chi connectivity index (χ1v) is 8.30. The van der Waals surface area contributed by atoms with Crippen LogP contribution in [0.25, 0.3) is 0 Å². The molecule has 120 valence electrons. The minimum absolute atomic E-state index is 0.148. The highest BCUT2D eigenvalue weighted by atomic mass is 16.5. The summed E-state index contributed by atoms with van der Waals surface area (Å²) in [6.07, 6.45) is 1.65. The van der Waals surface area contributed by atoms with Crippen LogP contribution in [0.3, 0.4) is 0 Å². The van der Waals surface area contributed by atoms with Crippen LogP contribution in [0.4, 0.5) is 0 Å². The van der Waals surface area contributed by atoms with Crippen LogP contribution in [0, 0.1) is 0 Å². The first kappa shape index (κ1) is 15.9. The van der Waals surface area contributed by atoms with E-state index in [1.54, 1.807) is 0 Å². The molecule has 0 amide bonds. The average molecular weight is 309 g/mol. The van der Waals surface area contributed by atoms with Crippen LogP contribution >= 0.6 is 0 Å². The molecule has 3 heteroatoms. The molecule has 1 heterocycles. The van der Waals surface area contributed by atoms with Gasteiger partial charge in [-0.1, -0.05) is 60.7 Å². The largest absolute Gasteiger partial charge is 0.371 e. The third-order valence-corrected chi connectivity index (χ3v) is 4.30. The monoisotopic (exact) mass is 309 g/mol. The van der Waals surface area contributed by atoms with Crippen molar-refractivity contribution in [2.24, 2.45) is 0 Å². The minimum Gasteiger partial charge on any atom is -0.371 e. The number of benzene rings is 2. The van der Waals surface area contributed by atoms with E-state index < -0.39 is 0 Å². The first-order chi connectivity index (χ1) is 11.3. The van der Waals surface area contributed by atoms with E-state index in [1.165, 1.54) is 5.56 Å². The molecule has 2 aromatic carbocycles. The zero-order valence-electron chi connectivity index (χ0n) is 13.4. The fourth-order valence-electron chi connectivity index (χ4n) is 3.01. The van der Waals surface area contributed by atoms with Crippen molar-refractivity contribution >= 4 is 5.78 Å². The quantitative estimate of drug-likeness (QED) is 0.762. The fourth-order valence-corrected chi connectivity index (χ4v) is 3.01. The molecule has 0 saturated carbocycles. The molecule has 1 fully saturated rings. The molecule has 3 nitrogen and oxygen atoms in total. The molecule has 0 aliphatic carbocycles. The van der Waals surface area contributed by atoms with Gasteiger partial charge in [0, 0.05) is 25.1 Å². The number of carbonyl (C=O) groups is 1. The number of ketones is 1. The van der Waals surface area contributed by atoms with Crippen molar-refractivity contribution in [2.75, 3.05) is 26.2 Å². The van der Waals surface area contributed by atoms with Gasteiger partial charge in [-0.2, -0.15) is 0 Å². The van der Waals surface area contributed by atoms with E-state index in [-0.39, 0.29) is 11.9 Å². The van der Waals surface area contributed by atoms with Crippen LogP contribution in [0.1, 0.15) is 34.9 Å². The second-order valence-corrected chi connectivity index (χ2v) is 5.96. The maximum absolute atomic E-state index is 12.1. The van der Waals surface area contributed by atoms with Crippen LogP contribution in [-0.4, -0.2) is 36.9 Å². The van der Waals surface area contributed by atoms with E-state index in [0.717, 1.165) is 38.2 Å². The van der Waals surface area contributed by atoms with Crippen LogP contribution in [-0.2, 0) is 4.74 Å². The molecule has 0 radical (unpaired) electrons. The first-order valence-electron chi connectivity index (χ1n) is 8.30. The number of hydrogen-bond donors (Lipinski definition) is 0. The van der Waals surface area contributed by atoms with Crippen LogP contribution < -0.4 is 0 Å². The maximum atomic E-state index is 12.1. The molecule has 3 rings (SSSR count). The average Bonchev–Trinajstić information content (AvgIpc) is 2.63.